The normalized spacial score (nSPS) is 15.7. The number of rotatable bonds is 7. The molecule has 1 atom stereocenters. The molecular weight excluding hydrogens is 442 g/mol. The average molecular weight is 474 g/mol. The fourth-order valence-electron chi connectivity index (χ4n) is 4.86. The first-order valence-electron chi connectivity index (χ1n) is 11.9. The van der Waals surface area contributed by atoms with Crippen LogP contribution < -0.4 is 10.5 Å². The molecule has 1 saturated heterocycles. The van der Waals surface area contributed by atoms with Crippen LogP contribution >= 0.6 is 0 Å². The number of carbonyl (C=O) groups is 1. The van der Waals surface area contributed by atoms with Crippen LogP contribution in [0.5, 0.6) is 0 Å². The maximum absolute atomic E-state index is 11.8. The quantitative estimate of drug-likeness (QED) is 0.301. The minimum Gasteiger partial charge on any atom is -0.481 e. The largest absolute Gasteiger partial charge is 0.481 e. The number of aryl methyl sites for hydroxylation is 2. The number of piperidine rings is 1. The number of hydrogen-bond acceptors (Lipinski definition) is 5. The molecule has 4 rings (SSSR count). The van der Waals surface area contributed by atoms with E-state index in [1.807, 2.05) is 12.1 Å². The highest BCUT2D eigenvalue weighted by Gasteiger charge is 2.25. The van der Waals surface area contributed by atoms with Crippen molar-refractivity contribution in [3.8, 4) is 0 Å². The molecule has 0 radical (unpaired) electrons. The molecule has 0 aliphatic carbocycles. The molecule has 0 saturated carbocycles. The van der Waals surface area contributed by atoms with Crippen LogP contribution in [0.1, 0.15) is 47.4 Å². The lowest BCUT2D eigenvalue weighted by Crippen LogP contribution is -2.36. The highest BCUT2D eigenvalue weighted by molar-refractivity contribution is 6.00. The number of hydrogen-bond donors (Lipinski definition) is 2. The molecule has 7 heteroatoms. The van der Waals surface area contributed by atoms with Crippen LogP contribution in [0.15, 0.2) is 76.8 Å². The zero-order valence-electron chi connectivity index (χ0n) is 20.1. The van der Waals surface area contributed by atoms with Crippen LogP contribution in [-0.4, -0.2) is 39.7 Å². The molecule has 7 nitrogen and oxygen atoms in total. The number of carboxylic acid groups (broad SMARTS) is 1. The van der Waals surface area contributed by atoms with Gasteiger partial charge in [0.2, 0.25) is 5.56 Å². The molecule has 0 amide bonds. The van der Waals surface area contributed by atoms with Gasteiger partial charge in [0.05, 0.1) is 11.6 Å². The molecule has 3 aromatic rings. The summed E-state index contributed by atoms with van der Waals surface area (Å²) in [4.78, 5) is 25.3. The molecular formula is C28H31N3O4. The number of benzene rings is 2. The second-order valence-electron chi connectivity index (χ2n) is 9.22. The third-order valence-corrected chi connectivity index (χ3v) is 7.01. The van der Waals surface area contributed by atoms with Crippen molar-refractivity contribution >= 4 is 17.4 Å². The first-order valence-corrected chi connectivity index (χ1v) is 11.9. The molecule has 1 unspecified atom stereocenters. The van der Waals surface area contributed by atoms with Crippen molar-refractivity contribution in [3.63, 3.8) is 0 Å². The Balaban J connectivity index is 1.62. The molecule has 1 aromatic heterocycles. The Kier molecular flexibility index (Phi) is 7.34. The highest BCUT2D eigenvalue weighted by atomic mass is 16.4. The summed E-state index contributed by atoms with van der Waals surface area (Å²) < 4.78 is 1.48. The molecule has 2 aromatic carbocycles. The predicted molar refractivity (Wildman–Crippen MR) is 137 cm³/mol. The SMILES string of the molecule is Cc1ccccc1C(CC(=NO)c1ccc(=O)n(C)c1)c1ccc(N2CCC(C(=O)O)CC2)cc1. The van der Waals surface area contributed by atoms with Crippen molar-refractivity contribution < 1.29 is 15.1 Å². The van der Waals surface area contributed by atoms with Crippen LogP contribution in [0.4, 0.5) is 5.69 Å². The van der Waals surface area contributed by atoms with Crippen LogP contribution in [-0.2, 0) is 11.8 Å². The lowest BCUT2D eigenvalue weighted by atomic mass is 9.83. The molecule has 35 heavy (non-hydrogen) atoms. The summed E-state index contributed by atoms with van der Waals surface area (Å²) in [6.07, 6.45) is 3.46. The lowest BCUT2D eigenvalue weighted by molar-refractivity contribution is -0.142. The predicted octanol–water partition coefficient (Wildman–Crippen LogP) is 4.40. The van der Waals surface area contributed by atoms with Gasteiger partial charge in [-0.2, -0.15) is 0 Å². The van der Waals surface area contributed by atoms with Crippen molar-refractivity contribution in [3.05, 3.63) is 99.5 Å². The van der Waals surface area contributed by atoms with E-state index in [2.05, 4.69) is 53.4 Å². The first-order chi connectivity index (χ1) is 16.9. The van der Waals surface area contributed by atoms with E-state index < -0.39 is 5.97 Å². The van der Waals surface area contributed by atoms with Crippen molar-refractivity contribution in [2.45, 2.75) is 32.1 Å². The standard InChI is InChI=1S/C28H31N3O4/c1-19-5-3-4-6-24(19)25(17-26(29-35)22-9-12-27(32)30(2)18-22)20-7-10-23(11-8-20)31-15-13-21(14-16-31)28(33)34/h3-12,18,21,25,35H,13-17H2,1-2H3,(H,33,34). The molecule has 182 valence electrons. The second kappa shape index (κ2) is 10.6. The summed E-state index contributed by atoms with van der Waals surface area (Å²) in [6.45, 7) is 3.53. The van der Waals surface area contributed by atoms with Gasteiger partial charge in [-0.1, -0.05) is 41.6 Å². The van der Waals surface area contributed by atoms with Crippen molar-refractivity contribution in [2.24, 2.45) is 18.1 Å². The van der Waals surface area contributed by atoms with Crippen LogP contribution in [0, 0.1) is 12.8 Å². The maximum atomic E-state index is 11.8. The Labute approximate surface area is 205 Å². The van der Waals surface area contributed by atoms with Gasteiger partial charge in [0.25, 0.3) is 0 Å². The summed E-state index contributed by atoms with van der Waals surface area (Å²) >= 11 is 0. The van der Waals surface area contributed by atoms with Gasteiger partial charge in [-0.3, -0.25) is 9.59 Å². The Hall–Kier alpha value is -3.87. The monoisotopic (exact) mass is 473 g/mol. The van der Waals surface area contributed by atoms with E-state index in [-0.39, 0.29) is 17.4 Å². The zero-order valence-corrected chi connectivity index (χ0v) is 20.1. The summed E-state index contributed by atoms with van der Waals surface area (Å²) in [7, 11) is 1.68. The Morgan fingerprint density at radius 2 is 1.74 bits per heavy atom. The van der Waals surface area contributed by atoms with Gasteiger partial charge in [0.15, 0.2) is 0 Å². The van der Waals surface area contributed by atoms with E-state index in [0.717, 1.165) is 35.5 Å². The third-order valence-electron chi connectivity index (χ3n) is 7.01. The van der Waals surface area contributed by atoms with E-state index in [1.54, 1.807) is 19.3 Å². The number of aromatic nitrogens is 1. The first kappa shape index (κ1) is 24.3. The molecule has 1 aliphatic heterocycles. The van der Waals surface area contributed by atoms with Crippen molar-refractivity contribution in [1.29, 1.82) is 0 Å². The molecule has 0 bridgehead atoms. The fourth-order valence-corrected chi connectivity index (χ4v) is 4.86. The van der Waals surface area contributed by atoms with E-state index in [4.69, 9.17) is 0 Å². The van der Waals surface area contributed by atoms with Crippen molar-refractivity contribution in [2.75, 3.05) is 18.0 Å². The molecule has 1 aliphatic rings. The van der Waals surface area contributed by atoms with Gasteiger partial charge in [-0.15, -0.1) is 0 Å². The summed E-state index contributed by atoms with van der Waals surface area (Å²) in [5, 5.41) is 22.7. The lowest BCUT2D eigenvalue weighted by Gasteiger charge is -2.32. The van der Waals surface area contributed by atoms with Gasteiger partial charge in [0.1, 0.15) is 0 Å². The molecule has 2 N–H and O–H groups in total. The number of nitrogens with zero attached hydrogens (tertiary/aromatic N) is 3. The van der Waals surface area contributed by atoms with Gasteiger partial charge in [-0.05, 0) is 54.7 Å². The number of carboxylic acids is 1. The van der Waals surface area contributed by atoms with Gasteiger partial charge < -0.3 is 19.8 Å². The van der Waals surface area contributed by atoms with E-state index >= 15 is 0 Å². The molecule has 2 heterocycles. The number of pyridine rings is 1. The fraction of sp³-hybridized carbons (Fsp3) is 0.321. The van der Waals surface area contributed by atoms with Crippen LogP contribution in [0.3, 0.4) is 0 Å². The Morgan fingerprint density at radius 3 is 2.34 bits per heavy atom. The molecule has 1 fully saturated rings. The van der Waals surface area contributed by atoms with Crippen molar-refractivity contribution in [1.82, 2.24) is 4.57 Å². The number of aliphatic carboxylic acids is 1. The van der Waals surface area contributed by atoms with Gasteiger partial charge in [-0.25, -0.2) is 0 Å². The zero-order chi connectivity index (χ0) is 24.9. The summed E-state index contributed by atoms with van der Waals surface area (Å²) in [5.41, 5.74) is 5.55. The van der Waals surface area contributed by atoms with Crippen LogP contribution in [0.25, 0.3) is 0 Å². The van der Waals surface area contributed by atoms with Gasteiger partial charge in [0, 0.05) is 56.0 Å². The maximum Gasteiger partial charge on any atom is 0.306 e. The number of oxime groups is 1. The topological polar surface area (TPSA) is 95.1 Å². The third kappa shape index (κ3) is 5.45. The van der Waals surface area contributed by atoms with E-state index in [1.165, 1.54) is 10.6 Å². The smallest absolute Gasteiger partial charge is 0.306 e. The summed E-state index contributed by atoms with van der Waals surface area (Å²) in [6, 6.07) is 19.7. The number of anilines is 1. The Bertz CT molecular complexity index is 1270. The minimum atomic E-state index is -0.707. The Morgan fingerprint density at radius 1 is 1.06 bits per heavy atom. The second-order valence-corrected chi connectivity index (χ2v) is 9.22. The summed E-state index contributed by atoms with van der Waals surface area (Å²) in [5.74, 6) is -1.02. The van der Waals surface area contributed by atoms with E-state index in [9.17, 15) is 19.9 Å². The van der Waals surface area contributed by atoms with Crippen LogP contribution in [0.2, 0.25) is 0 Å². The molecule has 0 spiro atoms. The van der Waals surface area contributed by atoms with E-state index in [0.29, 0.717) is 30.5 Å². The average Bonchev–Trinajstić information content (AvgIpc) is 2.87. The van der Waals surface area contributed by atoms with Gasteiger partial charge >= 0.3 is 5.97 Å². The minimum absolute atomic E-state index is 0.0499. The highest BCUT2D eigenvalue weighted by Crippen LogP contribution is 2.33.